The molecule has 0 amide bonds. The fourth-order valence-corrected chi connectivity index (χ4v) is 1.95. The summed E-state index contributed by atoms with van der Waals surface area (Å²) in [6.07, 6.45) is 4.98. The van der Waals surface area contributed by atoms with Gasteiger partial charge in [-0.1, -0.05) is 38.8 Å². The highest BCUT2D eigenvalue weighted by molar-refractivity contribution is 6.00. The zero-order valence-corrected chi connectivity index (χ0v) is 12.9. The Morgan fingerprint density at radius 2 is 2.05 bits per heavy atom. The van der Waals surface area contributed by atoms with Crippen LogP contribution in [0.1, 0.15) is 55.5 Å². The van der Waals surface area contributed by atoms with Crippen LogP contribution in [0.15, 0.2) is 18.2 Å². The molecule has 0 saturated carbocycles. The SMILES string of the molecule is CCCCC(CC)Oc1cccc(C=N)c1C(=O)O.CO. The second kappa shape index (κ2) is 10.9. The van der Waals surface area contributed by atoms with Gasteiger partial charge in [-0.3, -0.25) is 0 Å². The number of aliphatic hydroxyl groups excluding tert-OH is 1. The lowest BCUT2D eigenvalue weighted by Gasteiger charge is -2.19. The molecule has 0 aromatic heterocycles. The second-order valence-electron chi connectivity index (χ2n) is 4.46. The highest BCUT2D eigenvalue weighted by Gasteiger charge is 2.18. The first-order chi connectivity index (χ1) is 10.1. The number of aromatic carboxylic acids is 1. The zero-order valence-electron chi connectivity index (χ0n) is 12.9. The van der Waals surface area contributed by atoms with E-state index in [1.54, 1.807) is 18.2 Å². The summed E-state index contributed by atoms with van der Waals surface area (Å²) in [6, 6.07) is 4.98. The summed E-state index contributed by atoms with van der Waals surface area (Å²) in [6.45, 7) is 4.15. The molecule has 0 fully saturated rings. The van der Waals surface area contributed by atoms with Gasteiger partial charge in [-0.15, -0.1) is 0 Å². The molecule has 0 heterocycles. The topological polar surface area (TPSA) is 90.6 Å². The maximum Gasteiger partial charge on any atom is 0.340 e. The minimum Gasteiger partial charge on any atom is -0.490 e. The van der Waals surface area contributed by atoms with Gasteiger partial charge in [-0.25, -0.2) is 4.79 Å². The van der Waals surface area contributed by atoms with Gasteiger partial charge in [-0.05, 0) is 18.9 Å². The lowest BCUT2D eigenvalue weighted by molar-refractivity contribution is 0.0688. The van der Waals surface area contributed by atoms with Gasteiger partial charge in [0.15, 0.2) is 0 Å². The van der Waals surface area contributed by atoms with Gasteiger partial charge in [0.1, 0.15) is 11.3 Å². The quantitative estimate of drug-likeness (QED) is 0.641. The molecule has 1 unspecified atom stereocenters. The number of benzene rings is 1. The minimum absolute atomic E-state index is 0.0269. The highest BCUT2D eigenvalue weighted by Crippen LogP contribution is 2.24. The smallest absolute Gasteiger partial charge is 0.340 e. The Bertz CT molecular complexity index is 446. The zero-order chi connectivity index (χ0) is 16.3. The van der Waals surface area contributed by atoms with Crippen LogP contribution >= 0.6 is 0 Å². The minimum atomic E-state index is -1.06. The van der Waals surface area contributed by atoms with Crippen LogP contribution in [-0.2, 0) is 0 Å². The van der Waals surface area contributed by atoms with Gasteiger partial charge in [-0.2, -0.15) is 0 Å². The van der Waals surface area contributed by atoms with Crippen molar-refractivity contribution in [3.8, 4) is 5.75 Å². The molecule has 5 heteroatoms. The van der Waals surface area contributed by atoms with E-state index >= 15 is 0 Å². The molecule has 3 N–H and O–H groups in total. The maximum absolute atomic E-state index is 11.3. The lowest BCUT2D eigenvalue weighted by Crippen LogP contribution is -2.17. The van der Waals surface area contributed by atoms with E-state index in [2.05, 4.69) is 6.92 Å². The number of carboxylic acid groups (broad SMARTS) is 1. The average Bonchev–Trinajstić information content (AvgIpc) is 2.52. The molecule has 0 spiro atoms. The Balaban J connectivity index is 0.00000191. The van der Waals surface area contributed by atoms with Crippen molar-refractivity contribution in [3.05, 3.63) is 29.3 Å². The molecule has 0 bridgehead atoms. The van der Waals surface area contributed by atoms with Crippen molar-refractivity contribution in [2.45, 2.75) is 45.6 Å². The van der Waals surface area contributed by atoms with Crippen LogP contribution in [0.3, 0.4) is 0 Å². The second-order valence-corrected chi connectivity index (χ2v) is 4.46. The summed E-state index contributed by atoms with van der Waals surface area (Å²) in [5.41, 5.74) is 0.447. The number of hydrogen-bond donors (Lipinski definition) is 3. The van der Waals surface area contributed by atoms with Crippen LogP contribution in [-0.4, -0.2) is 35.6 Å². The third kappa shape index (κ3) is 5.95. The first-order valence-electron chi connectivity index (χ1n) is 7.12. The molecule has 1 atom stereocenters. The molecule has 1 aromatic rings. The van der Waals surface area contributed by atoms with Crippen LogP contribution in [0.4, 0.5) is 0 Å². The van der Waals surface area contributed by atoms with E-state index in [1.165, 1.54) is 0 Å². The molecule has 0 saturated heterocycles. The van der Waals surface area contributed by atoms with Gasteiger partial charge >= 0.3 is 5.97 Å². The van der Waals surface area contributed by atoms with E-state index in [0.29, 0.717) is 11.3 Å². The molecule has 0 aliphatic carbocycles. The van der Waals surface area contributed by atoms with Crippen LogP contribution < -0.4 is 4.74 Å². The molecule has 0 aliphatic heterocycles. The van der Waals surface area contributed by atoms with Gasteiger partial charge in [0, 0.05) is 18.9 Å². The van der Waals surface area contributed by atoms with E-state index in [9.17, 15) is 9.90 Å². The molecule has 0 radical (unpaired) electrons. The molecule has 0 aliphatic rings. The third-order valence-corrected chi connectivity index (χ3v) is 3.06. The largest absolute Gasteiger partial charge is 0.490 e. The predicted molar refractivity (Wildman–Crippen MR) is 83.7 cm³/mol. The van der Waals surface area contributed by atoms with Crippen molar-refractivity contribution in [1.29, 1.82) is 5.41 Å². The molecule has 1 rings (SSSR count). The van der Waals surface area contributed by atoms with E-state index in [4.69, 9.17) is 15.3 Å². The fourth-order valence-electron chi connectivity index (χ4n) is 1.95. The summed E-state index contributed by atoms with van der Waals surface area (Å²) in [5.74, 6) is -0.698. The van der Waals surface area contributed by atoms with Crippen molar-refractivity contribution >= 4 is 12.2 Å². The predicted octanol–water partition coefficient (Wildman–Crippen LogP) is 3.34. The fraction of sp³-hybridized carbons (Fsp3) is 0.500. The van der Waals surface area contributed by atoms with Crippen molar-refractivity contribution in [1.82, 2.24) is 0 Å². The Kier molecular flexibility index (Phi) is 9.88. The van der Waals surface area contributed by atoms with Gasteiger partial charge in [0.2, 0.25) is 0 Å². The molecule has 5 nitrogen and oxygen atoms in total. The molecular formula is C16H25NO4. The van der Waals surface area contributed by atoms with Gasteiger partial charge in [0.05, 0.1) is 6.10 Å². The van der Waals surface area contributed by atoms with Crippen molar-refractivity contribution in [3.63, 3.8) is 0 Å². The normalized spacial score (nSPS) is 11.0. The number of hydrogen-bond acceptors (Lipinski definition) is 4. The first kappa shape index (κ1) is 19.1. The number of unbranched alkanes of at least 4 members (excludes halogenated alkanes) is 1. The van der Waals surface area contributed by atoms with Crippen LogP contribution in [0.2, 0.25) is 0 Å². The highest BCUT2D eigenvalue weighted by atomic mass is 16.5. The lowest BCUT2D eigenvalue weighted by atomic mass is 10.1. The van der Waals surface area contributed by atoms with E-state index in [-0.39, 0.29) is 11.7 Å². The Labute approximate surface area is 126 Å². The van der Waals surface area contributed by atoms with E-state index < -0.39 is 5.97 Å². The summed E-state index contributed by atoms with van der Waals surface area (Å²) in [5, 5.41) is 23.5. The third-order valence-electron chi connectivity index (χ3n) is 3.06. The van der Waals surface area contributed by atoms with Crippen LogP contribution in [0, 0.1) is 5.41 Å². The van der Waals surface area contributed by atoms with E-state index in [0.717, 1.165) is 39.0 Å². The van der Waals surface area contributed by atoms with Crippen molar-refractivity contribution in [2.75, 3.05) is 7.11 Å². The number of nitrogens with one attached hydrogen (secondary N) is 1. The molecular weight excluding hydrogens is 270 g/mol. The summed E-state index contributed by atoms with van der Waals surface area (Å²) < 4.78 is 5.82. The number of carboxylic acids is 1. The van der Waals surface area contributed by atoms with Crippen molar-refractivity contribution in [2.24, 2.45) is 0 Å². The Morgan fingerprint density at radius 3 is 2.52 bits per heavy atom. The summed E-state index contributed by atoms with van der Waals surface area (Å²) in [4.78, 5) is 11.3. The maximum atomic E-state index is 11.3. The van der Waals surface area contributed by atoms with Crippen LogP contribution in [0.5, 0.6) is 5.75 Å². The Morgan fingerprint density at radius 1 is 1.38 bits per heavy atom. The average molecular weight is 295 g/mol. The summed E-state index contributed by atoms with van der Waals surface area (Å²) in [7, 11) is 1.00. The van der Waals surface area contributed by atoms with Gasteiger partial charge < -0.3 is 20.4 Å². The Hall–Kier alpha value is -1.88. The molecule has 118 valence electrons. The van der Waals surface area contributed by atoms with Gasteiger partial charge in [0.25, 0.3) is 0 Å². The number of aliphatic hydroxyl groups is 1. The first-order valence-corrected chi connectivity index (χ1v) is 7.12. The monoisotopic (exact) mass is 295 g/mol. The molecule has 21 heavy (non-hydrogen) atoms. The number of ether oxygens (including phenoxy) is 1. The van der Waals surface area contributed by atoms with Crippen LogP contribution in [0.25, 0.3) is 0 Å². The number of rotatable bonds is 8. The standard InChI is InChI=1S/C15H21NO3.CH4O/c1-3-5-8-12(4-2)19-13-9-6-7-11(10-16)14(13)15(17)18;1-2/h6-7,9-10,12,16H,3-5,8H2,1-2H3,(H,17,18);2H,1H3. The van der Waals surface area contributed by atoms with Crippen molar-refractivity contribution < 1.29 is 19.7 Å². The summed E-state index contributed by atoms with van der Waals surface area (Å²) >= 11 is 0. The van der Waals surface area contributed by atoms with E-state index in [1.807, 2.05) is 6.92 Å². The number of carbonyl (C=O) groups is 1. The molecule has 1 aromatic carbocycles.